The van der Waals surface area contributed by atoms with Gasteiger partial charge in [-0.25, -0.2) is 4.98 Å². The number of aromatic amines is 1. The molecule has 1 aromatic heterocycles. The van der Waals surface area contributed by atoms with E-state index >= 15 is 0 Å². The van der Waals surface area contributed by atoms with Crippen LogP contribution in [0, 0.1) is 0 Å². The topological polar surface area (TPSA) is 64.2 Å². The Labute approximate surface area is 144 Å². The molecule has 124 valence electrons. The second kappa shape index (κ2) is 6.93. The van der Waals surface area contributed by atoms with E-state index in [1.807, 2.05) is 24.3 Å². The van der Waals surface area contributed by atoms with Gasteiger partial charge < -0.3 is 14.5 Å². The van der Waals surface area contributed by atoms with Gasteiger partial charge in [0.05, 0.1) is 24.6 Å². The second-order valence-electron chi connectivity index (χ2n) is 5.37. The number of ether oxygens (including phenoxy) is 2. The highest BCUT2D eigenvalue weighted by molar-refractivity contribution is 6.31. The van der Waals surface area contributed by atoms with E-state index in [-0.39, 0.29) is 6.42 Å². The summed E-state index contributed by atoms with van der Waals surface area (Å²) in [6.07, 6.45) is -0.452. The van der Waals surface area contributed by atoms with Crippen LogP contribution in [-0.4, -0.2) is 23.0 Å². The number of imidazole rings is 1. The summed E-state index contributed by atoms with van der Waals surface area (Å²) >= 11 is 6.15. The molecule has 0 aliphatic carbocycles. The number of aromatic nitrogens is 2. The van der Waals surface area contributed by atoms with Crippen molar-refractivity contribution in [1.29, 1.82) is 0 Å². The van der Waals surface area contributed by atoms with E-state index in [0.717, 1.165) is 11.0 Å². The highest BCUT2D eigenvalue weighted by Gasteiger charge is 2.18. The molecule has 0 aliphatic heterocycles. The molecular weight excluding hydrogens is 328 g/mol. The molecule has 0 fully saturated rings. The number of hydrogen-bond acceptors (Lipinski definition) is 4. The van der Waals surface area contributed by atoms with Crippen LogP contribution >= 0.6 is 11.6 Å². The van der Waals surface area contributed by atoms with Crippen LogP contribution in [0.2, 0.25) is 5.02 Å². The summed E-state index contributed by atoms with van der Waals surface area (Å²) < 4.78 is 10.7. The third-order valence-electron chi connectivity index (χ3n) is 3.72. The Hall–Kier alpha value is -2.53. The van der Waals surface area contributed by atoms with E-state index in [0.29, 0.717) is 22.2 Å². The number of esters is 1. The highest BCUT2D eigenvalue weighted by Crippen LogP contribution is 2.27. The van der Waals surface area contributed by atoms with Gasteiger partial charge in [-0.05, 0) is 31.2 Å². The molecule has 1 atom stereocenters. The molecule has 0 amide bonds. The number of nitrogens with one attached hydrogen (secondary N) is 1. The van der Waals surface area contributed by atoms with Gasteiger partial charge in [-0.2, -0.15) is 0 Å². The zero-order chi connectivity index (χ0) is 17.1. The number of carbonyl (C=O) groups excluding carboxylic acids is 1. The Morgan fingerprint density at radius 2 is 2.04 bits per heavy atom. The van der Waals surface area contributed by atoms with E-state index in [1.165, 1.54) is 7.11 Å². The molecular formula is C18H17ClN2O3. The van der Waals surface area contributed by atoms with Crippen molar-refractivity contribution in [2.45, 2.75) is 19.4 Å². The lowest BCUT2D eigenvalue weighted by atomic mass is 10.1. The van der Waals surface area contributed by atoms with Gasteiger partial charge in [-0.3, -0.25) is 4.79 Å². The Morgan fingerprint density at radius 1 is 1.25 bits per heavy atom. The van der Waals surface area contributed by atoms with Crippen LogP contribution in [0.15, 0.2) is 42.5 Å². The van der Waals surface area contributed by atoms with Crippen LogP contribution in [0.1, 0.15) is 24.4 Å². The van der Waals surface area contributed by atoms with Crippen molar-refractivity contribution in [3.05, 3.63) is 58.9 Å². The molecule has 0 saturated carbocycles. The van der Waals surface area contributed by atoms with E-state index in [2.05, 4.69) is 9.97 Å². The van der Waals surface area contributed by atoms with Gasteiger partial charge in [0.1, 0.15) is 11.6 Å². The van der Waals surface area contributed by atoms with Gasteiger partial charge in [0.15, 0.2) is 6.10 Å². The first-order chi connectivity index (χ1) is 11.6. The van der Waals surface area contributed by atoms with Crippen molar-refractivity contribution < 1.29 is 14.3 Å². The van der Waals surface area contributed by atoms with Crippen molar-refractivity contribution in [1.82, 2.24) is 9.97 Å². The lowest BCUT2D eigenvalue weighted by Gasteiger charge is -2.13. The number of H-pyrrole nitrogens is 1. The maximum atomic E-state index is 12.3. The minimum atomic E-state index is -0.488. The van der Waals surface area contributed by atoms with Crippen LogP contribution in [0.5, 0.6) is 5.75 Å². The number of nitrogens with zero attached hydrogens (tertiary/aromatic N) is 1. The number of methoxy groups -OCH3 is 1. The number of hydrogen-bond donors (Lipinski definition) is 1. The Balaban J connectivity index is 1.73. The Bertz CT molecular complexity index is 843. The first-order valence-electron chi connectivity index (χ1n) is 7.54. The van der Waals surface area contributed by atoms with Crippen LogP contribution in [-0.2, 0) is 16.0 Å². The average Bonchev–Trinajstić information content (AvgIpc) is 3.01. The Morgan fingerprint density at radius 3 is 2.79 bits per heavy atom. The molecule has 3 rings (SSSR count). The van der Waals surface area contributed by atoms with Crippen LogP contribution in [0.3, 0.4) is 0 Å². The number of para-hydroxylation sites is 2. The zero-order valence-corrected chi connectivity index (χ0v) is 14.1. The molecule has 0 bridgehead atoms. The molecule has 0 saturated heterocycles. The largest absolute Gasteiger partial charge is 0.496 e. The zero-order valence-electron chi connectivity index (χ0n) is 13.4. The van der Waals surface area contributed by atoms with Crippen molar-refractivity contribution in [2.75, 3.05) is 7.11 Å². The fraction of sp³-hybridized carbons (Fsp3) is 0.222. The smallest absolute Gasteiger partial charge is 0.311 e. The summed E-state index contributed by atoms with van der Waals surface area (Å²) in [5.41, 5.74) is 2.36. The second-order valence-corrected chi connectivity index (χ2v) is 5.78. The predicted molar refractivity (Wildman–Crippen MR) is 92.3 cm³/mol. The lowest BCUT2D eigenvalue weighted by Crippen LogP contribution is -2.13. The SMILES string of the molecule is COc1cccc(Cl)c1CC(=O)O[C@@H](C)c1nc2ccccc2[nH]1. The number of halogens is 1. The first-order valence-corrected chi connectivity index (χ1v) is 7.91. The number of fused-ring (bicyclic) bond motifs is 1. The fourth-order valence-electron chi connectivity index (χ4n) is 2.51. The summed E-state index contributed by atoms with van der Waals surface area (Å²) in [7, 11) is 1.54. The van der Waals surface area contributed by atoms with Gasteiger partial charge >= 0.3 is 5.97 Å². The van der Waals surface area contributed by atoms with E-state index in [1.54, 1.807) is 25.1 Å². The summed E-state index contributed by atoms with van der Waals surface area (Å²) in [4.78, 5) is 19.9. The average molecular weight is 345 g/mol. The monoisotopic (exact) mass is 344 g/mol. The molecule has 1 N–H and O–H groups in total. The first kappa shape index (κ1) is 16.3. The molecule has 0 radical (unpaired) electrons. The van der Waals surface area contributed by atoms with Crippen molar-refractivity contribution >= 4 is 28.6 Å². The molecule has 2 aromatic carbocycles. The molecule has 0 spiro atoms. The van der Waals surface area contributed by atoms with Crippen molar-refractivity contribution in [3.63, 3.8) is 0 Å². The Kier molecular flexibility index (Phi) is 4.71. The molecule has 6 heteroatoms. The maximum Gasteiger partial charge on any atom is 0.311 e. The maximum absolute atomic E-state index is 12.3. The summed E-state index contributed by atoms with van der Waals surface area (Å²) in [5.74, 6) is 0.779. The molecule has 24 heavy (non-hydrogen) atoms. The minimum absolute atomic E-state index is 0.0351. The van der Waals surface area contributed by atoms with Crippen molar-refractivity contribution in [3.8, 4) is 5.75 Å². The molecule has 1 heterocycles. The highest BCUT2D eigenvalue weighted by atomic mass is 35.5. The van der Waals surface area contributed by atoms with Crippen LogP contribution in [0.25, 0.3) is 11.0 Å². The predicted octanol–water partition coefficient (Wildman–Crippen LogP) is 4.07. The molecule has 5 nitrogen and oxygen atoms in total. The van der Waals surface area contributed by atoms with E-state index in [9.17, 15) is 4.79 Å². The van der Waals surface area contributed by atoms with Gasteiger partial charge in [0.2, 0.25) is 0 Å². The van der Waals surface area contributed by atoms with Gasteiger partial charge in [0.25, 0.3) is 0 Å². The van der Waals surface area contributed by atoms with Gasteiger partial charge in [-0.1, -0.05) is 29.8 Å². The van der Waals surface area contributed by atoms with Crippen molar-refractivity contribution in [2.24, 2.45) is 0 Å². The third-order valence-corrected chi connectivity index (χ3v) is 4.07. The van der Waals surface area contributed by atoms with Crippen LogP contribution < -0.4 is 4.74 Å². The summed E-state index contributed by atoms with van der Waals surface area (Å²) in [6.45, 7) is 1.78. The van der Waals surface area contributed by atoms with E-state index < -0.39 is 12.1 Å². The normalized spacial score (nSPS) is 12.1. The van der Waals surface area contributed by atoms with E-state index in [4.69, 9.17) is 21.1 Å². The molecule has 0 unspecified atom stereocenters. The molecule has 0 aliphatic rings. The molecule has 3 aromatic rings. The van der Waals surface area contributed by atoms with Crippen LogP contribution in [0.4, 0.5) is 0 Å². The summed E-state index contributed by atoms with van der Waals surface area (Å²) in [6, 6.07) is 12.9. The number of carbonyl (C=O) groups is 1. The lowest BCUT2D eigenvalue weighted by molar-refractivity contribution is -0.148. The number of benzene rings is 2. The van der Waals surface area contributed by atoms with Gasteiger partial charge in [0, 0.05) is 10.6 Å². The number of rotatable bonds is 5. The standard InChI is InChI=1S/C18H17ClN2O3/c1-11(18-20-14-7-3-4-8-15(14)21-18)24-17(22)10-12-13(19)6-5-9-16(12)23-2/h3-9,11H,10H2,1-2H3,(H,20,21)/t11-/m0/s1. The third kappa shape index (κ3) is 3.36. The van der Waals surface area contributed by atoms with Gasteiger partial charge in [-0.15, -0.1) is 0 Å². The minimum Gasteiger partial charge on any atom is -0.496 e. The summed E-state index contributed by atoms with van der Waals surface area (Å²) in [5, 5.41) is 0.475. The fourth-order valence-corrected chi connectivity index (χ4v) is 2.74. The quantitative estimate of drug-likeness (QED) is 0.708.